The minimum atomic E-state index is -0.0410. The molecule has 0 atom stereocenters. The van der Waals surface area contributed by atoms with E-state index in [2.05, 4.69) is 26.6 Å². The van der Waals surface area contributed by atoms with Crippen molar-refractivity contribution >= 4 is 28.6 Å². The second-order valence-electron chi connectivity index (χ2n) is 4.84. The Morgan fingerprint density at radius 2 is 2.23 bits per heavy atom. The summed E-state index contributed by atoms with van der Waals surface area (Å²) in [4.78, 5) is 15.0. The molecule has 0 unspecified atom stereocenters. The number of aryl methyl sites for hydroxylation is 1. The van der Waals surface area contributed by atoms with Crippen molar-refractivity contribution in [3.8, 4) is 0 Å². The lowest BCUT2D eigenvalue weighted by molar-refractivity contribution is -0.118. The highest BCUT2D eigenvalue weighted by atomic mass is 32.2. The van der Waals surface area contributed by atoms with Crippen molar-refractivity contribution in [1.82, 2.24) is 20.5 Å². The third-order valence-electron chi connectivity index (χ3n) is 3.23. The summed E-state index contributed by atoms with van der Waals surface area (Å²) < 4.78 is 5.20. The fraction of sp³-hybridized carbons (Fsp3) is 0.267. The molecule has 0 fully saturated rings. The fourth-order valence-electron chi connectivity index (χ4n) is 2.19. The van der Waals surface area contributed by atoms with E-state index in [0.29, 0.717) is 17.7 Å². The van der Waals surface area contributed by atoms with Gasteiger partial charge in [-0.3, -0.25) is 4.79 Å². The highest BCUT2D eigenvalue weighted by Crippen LogP contribution is 2.18. The van der Waals surface area contributed by atoms with Crippen LogP contribution in [-0.2, 0) is 11.2 Å². The van der Waals surface area contributed by atoms with Crippen LogP contribution in [-0.4, -0.2) is 33.4 Å². The van der Waals surface area contributed by atoms with Crippen LogP contribution in [0.1, 0.15) is 11.5 Å². The lowest BCUT2D eigenvalue weighted by Crippen LogP contribution is -2.27. The number of rotatable bonds is 6. The molecule has 2 aromatic heterocycles. The first-order valence-corrected chi connectivity index (χ1v) is 7.95. The predicted octanol–water partition coefficient (Wildman–Crippen LogP) is 2.31. The molecule has 2 N–H and O–H groups in total. The quantitative estimate of drug-likeness (QED) is 0.682. The number of nitrogens with zero attached hydrogens (tertiary/aromatic N) is 2. The Balaban J connectivity index is 1.45. The number of thioether (sulfide) groups is 1. The van der Waals surface area contributed by atoms with Gasteiger partial charge in [0.25, 0.3) is 5.22 Å². The number of amides is 1. The molecule has 22 heavy (non-hydrogen) atoms. The average molecular weight is 316 g/mol. The molecule has 3 aromatic rings. The van der Waals surface area contributed by atoms with Gasteiger partial charge in [-0.25, -0.2) is 0 Å². The fourth-order valence-corrected chi connectivity index (χ4v) is 2.82. The number of aromatic amines is 1. The van der Waals surface area contributed by atoms with Crippen molar-refractivity contribution < 1.29 is 9.21 Å². The number of fused-ring (bicyclic) bond motifs is 1. The predicted molar refractivity (Wildman–Crippen MR) is 84.8 cm³/mol. The second-order valence-corrected chi connectivity index (χ2v) is 5.76. The third kappa shape index (κ3) is 3.48. The summed E-state index contributed by atoms with van der Waals surface area (Å²) in [5.41, 5.74) is 2.32. The van der Waals surface area contributed by atoms with Gasteiger partial charge in [-0.05, 0) is 18.1 Å². The smallest absolute Gasteiger partial charge is 0.277 e. The Kier molecular flexibility index (Phi) is 4.43. The number of carbonyl (C=O) groups excluding carboxylic acids is 1. The molecule has 0 aliphatic carbocycles. The van der Waals surface area contributed by atoms with Crippen molar-refractivity contribution in [3.05, 3.63) is 41.9 Å². The van der Waals surface area contributed by atoms with Gasteiger partial charge >= 0.3 is 0 Å². The largest absolute Gasteiger partial charge is 0.416 e. The number of hydrogen-bond donors (Lipinski definition) is 2. The maximum atomic E-state index is 11.8. The van der Waals surface area contributed by atoms with Crippen LogP contribution in [0.25, 0.3) is 10.9 Å². The molecule has 6 nitrogen and oxygen atoms in total. The maximum Gasteiger partial charge on any atom is 0.277 e. The summed E-state index contributed by atoms with van der Waals surface area (Å²) in [5, 5.41) is 12.1. The number of aromatic nitrogens is 3. The minimum Gasteiger partial charge on any atom is -0.416 e. The highest BCUT2D eigenvalue weighted by Gasteiger charge is 2.08. The topological polar surface area (TPSA) is 83.8 Å². The molecule has 0 radical (unpaired) electrons. The van der Waals surface area contributed by atoms with Gasteiger partial charge < -0.3 is 14.7 Å². The Morgan fingerprint density at radius 1 is 1.36 bits per heavy atom. The molecule has 2 heterocycles. The molecule has 1 amide bonds. The normalized spacial score (nSPS) is 11.0. The molecule has 114 valence electrons. The van der Waals surface area contributed by atoms with Gasteiger partial charge in [0, 0.05) is 30.6 Å². The Bertz CT molecular complexity index is 781. The number of hydrogen-bond acceptors (Lipinski definition) is 5. The molecule has 0 aliphatic rings. The van der Waals surface area contributed by atoms with E-state index in [1.54, 1.807) is 6.92 Å². The van der Waals surface area contributed by atoms with Crippen LogP contribution < -0.4 is 5.32 Å². The zero-order valence-electron chi connectivity index (χ0n) is 12.1. The molecule has 0 spiro atoms. The first kappa shape index (κ1) is 14.6. The molecule has 0 saturated heterocycles. The van der Waals surface area contributed by atoms with Crippen LogP contribution in [0.2, 0.25) is 0 Å². The van der Waals surface area contributed by atoms with E-state index in [1.165, 1.54) is 22.7 Å². The number of H-pyrrole nitrogens is 1. The summed E-state index contributed by atoms with van der Waals surface area (Å²) >= 11 is 1.24. The van der Waals surface area contributed by atoms with Gasteiger partial charge in [0.2, 0.25) is 11.8 Å². The van der Waals surface area contributed by atoms with Gasteiger partial charge in [-0.2, -0.15) is 0 Å². The minimum absolute atomic E-state index is 0.0410. The summed E-state index contributed by atoms with van der Waals surface area (Å²) in [5.74, 6) is 0.734. The van der Waals surface area contributed by atoms with Crippen LogP contribution >= 0.6 is 11.8 Å². The van der Waals surface area contributed by atoms with E-state index < -0.39 is 0 Å². The molecule has 0 aliphatic heterocycles. The number of nitrogens with one attached hydrogen (secondary N) is 2. The summed E-state index contributed by atoms with van der Waals surface area (Å²) in [6.45, 7) is 2.32. The van der Waals surface area contributed by atoms with Crippen molar-refractivity contribution in [2.45, 2.75) is 18.6 Å². The third-order valence-corrected chi connectivity index (χ3v) is 4.04. The lowest BCUT2D eigenvalue weighted by Gasteiger charge is -2.03. The molecule has 7 heteroatoms. The second kappa shape index (κ2) is 6.65. The van der Waals surface area contributed by atoms with Gasteiger partial charge in [0.05, 0.1) is 5.75 Å². The Labute approximate surface area is 131 Å². The van der Waals surface area contributed by atoms with Crippen LogP contribution in [0.15, 0.2) is 40.1 Å². The van der Waals surface area contributed by atoms with E-state index in [4.69, 9.17) is 4.42 Å². The first-order valence-electron chi connectivity index (χ1n) is 6.97. The molecule has 1 aromatic carbocycles. The number of carbonyl (C=O) groups is 1. The van der Waals surface area contributed by atoms with Crippen LogP contribution in [0.5, 0.6) is 0 Å². The lowest BCUT2D eigenvalue weighted by atomic mass is 10.1. The molecule has 0 bridgehead atoms. The Hall–Kier alpha value is -2.28. The Morgan fingerprint density at radius 3 is 3.05 bits per heavy atom. The maximum absolute atomic E-state index is 11.8. The van der Waals surface area contributed by atoms with Gasteiger partial charge in [-0.1, -0.05) is 30.0 Å². The van der Waals surface area contributed by atoms with Crippen molar-refractivity contribution in [2.24, 2.45) is 0 Å². The van der Waals surface area contributed by atoms with Crippen LogP contribution in [0.4, 0.5) is 0 Å². The zero-order chi connectivity index (χ0) is 15.4. The highest BCUT2D eigenvalue weighted by molar-refractivity contribution is 7.99. The molecule has 0 saturated carbocycles. The SMILES string of the molecule is Cc1nnc(SCC(=O)NCCc2c[nH]c3ccccc23)o1. The van der Waals surface area contributed by atoms with E-state index in [9.17, 15) is 4.79 Å². The molecular formula is C15H16N4O2S. The van der Waals surface area contributed by atoms with Gasteiger partial charge in [0.1, 0.15) is 0 Å². The number of benzene rings is 1. The molecular weight excluding hydrogens is 300 g/mol. The van der Waals surface area contributed by atoms with Crippen molar-refractivity contribution in [2.75, 3.05) is 12.3 Å². The summed E-state index contributed by atoms with van der Waals surface area (Å²) in [7, 11) is 0. The van der Waals surface area contributed by atoms with E-state index in [1.807, 2.05) is 24.4 Å². The monoisotopic (exact) mass is 316 g/mol. The van der Waals surface area contributed by atoms with E-state index in [0.717, 1.165) is 11.9 Å². The van der Waals surface area contributed by atoms with Crippen LogP contribution in [0.3, 0.4) is 0 Å². The van der Waals surface area contributed by atoms with Gasteiger partial charge in [0.15, 0.2) is 0 Å². The summed E-state index contributed by atoms with van der Waals surface area (Å²) in [6.07, 6.45) is 2.78. The van der Waals surface area contributed by atoms with E-state index in [-0.39, 0.29) is 11.7 Å². The average Bonchev–Trinajstić information content (AvgIpc) is 3.12. The van der Waals surface area contributed by atoms with Crippen LogP contribution in [0, 0.1) is 6.92 Å². The number of para-hydroxylation sites is 1. The first-order chi connectivity index (χ1) is 10.7. The van der Waals surface area contributed by atoms with E-state index >= 15 is 0 Å². The summed E-state index contributed by atoms with van der Waals surface area (Å²) in [6, 6.07) is 8.14. The van der Waals surface area contributed by atoms with Gasteiger partial charge in [-0.15, -0.1) is 10.2 Å². The zero-order valence-corrected chi connectivity index (χ0v) is 12.9. The van der Waals surface area contributed by atoms with Crippen molar-refractivity contribution in [3.63, 3.8) is 0 Å². The standard InChI is InChI=1S/C15H16N4O2S/c1-10-18-19-15(21-10)22-9-14(20)16-7-6-11-8-17-13-5-3-2-4-12(11)13/h2-5,8,17H,6-7,9H2,1H3,(H,16,20). The molecule has 3 rings (SSSR count). The van der Waals surface area contributed by atoms with Crippen molar-refractivity contribution in [1.29, 1.82) is 0 Å².